The van der Waals surface area contributed by atoms with E-state index in [1.54, 1.807) is 30.3 Å². The van der Waals surface area contributed by atoms with Gasteiger partial charge in [-0.05, 0) is 96.7 Å². The second-order valence-corrected chi connectivity index (χ2v) is 17.1. The largest absolute Gasteiger partial charge is 0.459 e. The minimum Gasteiger partial charge on any atom is -0.459 e. The van der Waals surface area contributed by atoms with Crippen molar-refractivity contribution in [2.24, 2.45) is 22.9 Å². The fourth-order valence-corrected chi connectivity index (χ4v) is 10.1. The summed E-state index contributed by atoms with van der Waals surface area (Å²) in [5.41, 5.74) is 3.49. The molecule has 1 fully saturated rings. The van der Waals surface area contributed by atoms with Gasteiger partial charge in [0, 0.05) is 56.3 Å². The van der Waals surface area contributed by atoms with Crippen molar-refractivity contribution in [2.45, 2.75) is 75.8 Å². The molecule has 2 aliphatic heterocycles. The van der Waals surface area contributed by atoms with Crippen LogP contribution in [0.5, 0.6) is 28.7 Å². The smallest absolute Gasteiger partial charge is 0.416 e. The molecule has 8 rings (SSSR count). The number of hydrogen-bond acceptors (Lipinski definition) is 14. The van der Waals surface area contributed by atoms with Gasteiger partial charge < -0.3 is 48.8 Å². The third-order valence-electron chi connectivity index (χ3n) is 13.0. The van der Waals surface area contributed by atoms with Gasteiger partial charge >= 0.3 is 12.2 Å². The lowest BCUT2D eigenvalue weighted by molar-refractivity contribution is -0.384. The number of carbonyl (C=O) groups excluding carboxylic acids is 2. The van der Waals surface area contributed by atoms with Crippen LogP contribution in [0.25, 0.3) is 0 Å². The van der Waals surface area contributed by atoms with Crippen LogP contribution in [-0.2, 0) is 22.7 Å². The van der Waals surface area contributed by atoms with Crippen LogP contribution >= 0.6 is 0 Å². The van der Waals surface area contributed by atoms with Crippen LogP contribution in [-0.4, -0.2) is 83.5 Å². The summed E-state index contributed by atoms with van der Waals surface area (Å²) < 4.78 is 37.7. The highest BCUT2D eigenvalue weighted by Crippen LogP contribution is 2.62. The third-order valence-corrected chi connectivity index (χ3v) is 13.0. The van der Waals surface area contributed by atoms with Crippen LogP contribution in [0.4, 0.5) is 15.3 Å². The first kappa shape index (κ1) is 47.5. The molecule has 0 saturated heterocycles. The van der Waals surface area contributed by atoms with Crippen molar-refractivity contribution < 1.29 is 58.0 Å². The molecule has 3 N–H and O–H groups in total. The summed E-state index contributed by atoms with van der Waals surface area (Å²) in [4.78, 5) is 46.5. The molecule has 17 heteroatoms. The maximum absolute atomic E-state index is 15.0. The minimum absolute atomic E-state index is 0.00619. The summed E-state index contributed by atoms with van der Waals surface area (Å²) in [7, 11) is 1.46. The SMILES string of the molecule is C=CCO[C@@]12Oc3ccc(OC(=O)NCc4ccccc4)cc3[C@H]3[C@H](CCCCO)[C@@H](CCCCO)C=C(C(=NOC)C[C@@H]1N(Cc1ccc4c(c1)OCO4)C(=O)Oc1ccc([N+](=O)[O-])cc1)[C@H]32. The Morgan fingerprint density at radius 3 is 2.38 bits per heavy atom. The number of oxime groups is 1. The molecule has 4 aromatic carbocycles. The number of fused-ring (bicyclic) bond motifs is 3. The number of benzene rings is 4. The zero-order valence-electron chi connectivity index (χ0n) is 37.8. The first-order valence-electron chi connectivity index (χ1n) is 22.9. The van der Waals surface area contributed by atoms with Gasteiger partial charge in [-0.15, -0.1) is 6.58 Å². The molecular formula is C51H56N4O13. The van der Waals surface area contributed by atoms with Crippen LogP contribution in [0.2, 0.25) is 0 Å². The van der Waals surface area contributed by atoms with Crippen LogP contribution in [0, 0.1) is 27.9 Å². The molecule has 0 unspecified atom stereocenters. The Hall–Kier alpha value is -6.95. The van der Waals surface area contributed by atoms with Gasteiger partial charge in [-0.3, -0.25) is 15.0 Å². The van der Waals surface area contributed by atoms with Gasteiger partial charge in [-0.2, -0.15) is 0 Å². The van der Waals surface area contributed by atoms with Crippen LogP contribution in [0.15, 0.2) is 120 Å². The number of amides is 2. The number of hydrogen-bond donors (Lipinski definition) is 3. The van der Waals surface area contributed by atoms with Gasteiger partial charge in [0.05, 0.1) is 23.2 Å². The van der Waals surface area contributed by atoms with Crippen LogP contribution < -0.4 is 29.0 Å². The van der Waals surface area contributed by atoms with Crippen molar-refractivity contribution in [3.05, 3.63) is 142 Å². The Morgan fingerprint density at radius 1 is 0.912 bits per heavy atom. The van der Waals surface area contributed by atoms with Crippen molar-refractivity contribution in [2.75, 3.05) is 33.7 Å². The average molecular weight is 933 g/mol. The highest BCUT2D eigenvalue weighted by molar-refractivity contribution is 6.03. The topological polar surface area (TPSA) is 210 Å². The Morgan fingerprint density at radius 2 is 1.65 bits per heavy atom. The maximum Gasteiger partial charge on any atom is 0.416 e. The molecule has 17 nitrogen and oxygen atoms in total. The van der Waals surface area contributed by atoms with E-state index in [1.165, 1.54) is 36.3 Å². The molecule has 2 aliphatic carbocycles. The van der Waals surface area contributed by atoms with Crippen molar-refractivity contribution >= 4 is 23.6 Å². The molecule has 2 amide bonds. The van der Waals surface area contributed by atoms with Crippen LogP contribution in [0.3, 0.4) is 0 Å². The van der Waals surface area contributed by atoms with Gasteiger partial charge in [0.1, 0.15) is 30.4 Å². The summed E-state index contributed by atoms with van der Waals surface area (Å²) in [6.07, 6.45) is 6.46. The van der Waals surface area contributed by atoms with Crippen molar-refractivity contribution in [1.29, 1.82) is 0 Å². The van der Waals surface area contributed by atoms with E-state index < -0.39 is 40.8 Å². The molecule has 2 heterocycles. The molecule has 68 heavy (non-hydrogen) atoms. The van der Waals surface area contributed by atoms with Crippen LogP contribution in [0.1, 0.15) is 67.6 Å². The number of nitrogens with zero attached hydrogens (tertiary/aromatic N) is 3. The lowest BCUT2D eigenvalue weighted by Crippen LogP contribution is -2.70. The number of unbranched alkanes of at least 4 members (excludes halogenated alkanes) is 2. The summed E-state index contributed by atoms with van der Waals surface area (Å²) in [5.74, 6) is -1.06. The standard InChI is InChI=1S/C51H56N4O13/c1-3-25-65-51-46(54(31-34-15-21-44-45(26-34)64-32-63-44)50(59)67-37-18-16-36(17-19-37)55(60)61)29-42(53-62-2)40-27-35(13-7-9-23-56)39(14-8-10-24-57)47(48(40)51)41-28-38(20-22-43(41)68-51)66-49(58)52-30-33-11-5-4-6-12-33/h3-6,11-12,15-22,26-28,35,39,46-48,56-57H,1,7-10,13-14,23-25,29-32H2,2H3,(H,52,58)/t35-,39+,46-,47+,48+,51+/m0/s1. The van der Waals surface area contributed by atoms with Gasteiger partial charge in [-0.25, -0.2) is 9.59 Å². The molecule has 1 saturated carbocycles. The van der Waals surface area contributed by atoms with E-state index in [0.717, 1.165) is 29.5 Å². The van der Waals surface area contributed by atoms with Gasteiger partial charge in [0.2, 0.25) is 12.6 Å². The predicted molar refractivity (Wildman–Crippen MR) is 249 cm³/mol. The minimum atomic E-state index is -1.66. The molecule has 4 aromatic rings. The number of allylic oxidation sites excluding steroid dienone is 1. The molecule has 358 valence electrons. The summed E-state index contributed by atoms with van der Waals surface area (Å²) in [6, 6.07) is 24.3. The Balaban J connectivity index is 1.28. The highest BCUT2D eigenvalue weighted by Gasteiger charge is 2.66. The molecule has 0 spiro atoms. The number of aliphatic hydroxyl groups excluding tert-OH is 2. The molecule has 0 bridgehead atoms. The Bertz CT molecular complexity index is 2500. The highest BCUT2D eigenvalue weighted by atomic mass is 16.7. The van der Waals surface area contributed by atoms with E-state index in [-0.39, 0.29) is 75.1 Å². The number of nitro benzene ring substituents is 1. The zero-order valence-corrected chi connectivity index (χ0v) is 37.8. The van der Waals surface area contributed by atoms with E-state index >= 15 is 4.79 Å². The van der Waals surface area contributed by atoms with E-state index in [4.69, 9.17) is 33.3 Å². The zero-order chi connectivity index (χ0) is 47.6. The molecule has 6 atom stereocenters. The Kier molecular flexibility index (Phi) is 15.2. The fourth-order valence-electron chi connectivity index (χ4n) is 10.1. The monoisotopic (exact) mass is 932 g/mol. The Labute approximate surface area is 394 Å². The quantitative estimate of drug-likeness (QED) is 0.0329. The molecule has 4 aliphatic rings. The predicted octanol–water partition coefficient (Wildman–Crippen LogP) is 8.58. The lowest BCUT2D eigenvalue weighted by atomic mass is 9.55. The number of aliphatic hydroxyl groups is 2. The molecule has 0 radical (unpaired) electrons. The van der Waals surface area contributed by atoms with E-state index in [2.05, 4.69) is 23.1 Å². The maximum atomic E-state index is 15.0. The van der Waals surface area contributed by atoms with E-state index in [9.17, 15) is 25.1 Å². The van der Waals surface area contributed by atoms with Crippen molar-refractivity contribution in [3.8, 4) is 28.7 Å². The van der Waals surface area contributed by atoms with E-state index in [0.29, 0.717) is 54.2 Å². The summed E-state index contributed by atoms with van der Waals surface area (Å²) in [6.45, 7) is 4.31. The number of rotatable bonds is 20. The van der Waals surface area contributed by atoms with Gasteiger partial charge in [0.25, 0.3) is 5.69 Å². The lowest BCUT2D eigenvalue weighted by Gasteiger charge is -2.59. The second kappa shape index (κ2) is 21.8. The summed E-state index contributed by atoms with van der Waals surface area (Å²) in [5, 5.41) is 38.9. The number of carbonyl (C=O) groups is 2. The normalized spacial score (nSPS) is 22.4. The average Bonchev–Trinajstić information content (AvgIpc) is 3.82. The summed E-state index contributed by atoms with van der Waals surface area (Å²) >= 11 is 0. The van der Waals surface area contributed by atoms with Crippen molar-refractivity contribution in [3.63, 3.8) is 0 Å². The fraction of sp³-hybridized carbons (Fsp3) is 0.392. The number of nitro groups is 1. The first-order valence-corrected chi connectivity index (χ1v) is 22.9. The number of ether oxygens (including phenoxy) is 6. The molecule has 0 aromatic heterocycles. The van der Waals surface area contributed by atoms with Gasteiger partial charge in [0.15, 0.2) is 11.5 Å². The van der Waals surface area contributed by atoms with E-state index in [1.807, 2.05) is 42.5 Å². The molecular weight excluding hydrogens is 877 g/mol. The number of nitrogens with one attached hydrogen (secondary N) is 1. The second-order valence-electron chi connectivity index (χ2n) is 17.1. The third kappa shape index (κ3) is 10.3. The van der Waals surface area contributed by atoms with Gasteiger partial charge in [-0.1, -0.05) is 66.5 Å². The number of non-ortho nitro benzene ring substituents is 1. The first-order chi connectivity index (χ1) is 33.2. The van der Waals surface area contributed by atoms with Crippen molar-refractivity contribution in [1.82, 2.24) is 10.2 Å².